The molecule has 0 bridgehead atoms. The Balaban J connectivity index is 2.67. The van der Waals surface area contributed by atoms with Gasteiger partial charge in [0.15, 0.2) is 0 Å². The molecule has 2 aromatic rings. The smallest absolute Gasteiger partial charge is 0.278 e. The monoisotopic (exact) mass is 240 g/mol. The zero-order valence-electron chi connectivity index (χ0n) is 9.06. The van der Waals surface area contributed by atoms with Crippen LogP contribution in [0.5, 0.6) is 0 Å². The average molecular weight is 240 g/mol. The van der Waals surface area contributed by atoms with Gasteiger partial charge in [-0.1, -0.05) is 6.07 Å². The molecular weight excluding hydrogens is 230 g/mol. The normalized spacial score (nSPS) is 11.3. The third kappa shape index (κ3) is 1.98. The minimum atomic E-state index is -2.48. The Bertz CT molecular complexity index is 578. The molecule has 0 spiro atoms. The first-order valence-corrected chi connectivity index (χ1v) is 5.02. The molecule has 0 saturated heterocycles. The predicted molar refractivity (Wildman–Crippen MR) is 59.3 cm³/mol. The molecule has 0 aliphatic heterocycles. The van der Waals surface area contributed by atoms with E-state index in [0.29, 0.717) is 16.6 Å². The molecule has 0 fully saturated rings. The molecule has 17 heavy (non-hydrogen) atoms. The first-order valence-electron chi connectivity index (χ1n) is 5.02. The first-order chi connectivity index (χ1) is 8.00. The predicted octanol–water partition coefficient (Wildman–Crippen LogP) is 3.12. The standard InChI is InChI=1S/C11H10F2N2O2/c1-7-5-8-9(14(7)6-11(12)13)3-2-4-10(8)15(16)17/h2-5,11H,6H2,1H3. The van der Waals surface area contributed by atoms with Gasteiger partial charge in [-0.2, -0.15) is 0 Å². The van der Waals surface area contributed by atoms with Crippen molar-refractivity contribution in [1.29, 1.82) is 0 Å². The van der Waals surface area contributed by atoms with Crippen LogP contribution >= 0.6 is 0 Å². The summed E-state index contributed by atoms with van der Waals surface area (Å²) in [6.07, 6.45) is -2.48. The summed E-state index contributed by atoms with van der Waals surface area (Å²) < 4.78 is 26.2. The van der Waals surface area contributed by atoms with Crippen LogP contribution in [-0.4, -0.2) is 15.9 Å². The second-order valence-electron chi connectivity index (χ2n) is 3.75. The molecule has 6 heteroatoms. The number of non-ortho nitro benzene ring substituents is 1. The third-order valence-corrected chi connectivity index (χ3v) is 2.65. The van der Waals surface area contributed by atoms with Crippen molar-refractivity contribution in [2.45, 2.75) is 19.9 Å². The number of rotatable bonds is 3. The Kier molecular flexibility index (Phi) is 2.79. The third-order valence-electron chi connectivity index (χ3n) is 2.65. The van der Waals surface area contributed by atoms with E-state index in [1.807, 2.05) is 0 Å². The summed E-state index contributed by atoms with van der Waals surface area (Å²) in [4.78, 5) is 10.3. The van der Waals surface area contributed by atoms with Crippen molar-refractivity contribution >= 4 is 16.6 Å². The topological polar surface area (TPSA) is 48.1 Å². The molecule has 4 nitrogen and oxygen atoms in total. The fourth-order valence-corrected chi connectivity index (χ4v) is 1.94. The molecular formula is C11H10F2N2O2. The van der Waals surface area contributed by atoms with Gasteiger partial charge in [-0.25, -0.2) is 8.78 Å². The fourth-order valence-electron chi connectivity index (χ4n) is 1.94. The number of hydrogen-bond donors (Lipinski definition) is 0. The van der Waals surface area contributed by atoms with E-state index in [-0.39, 0.29) is 5.69 Å². The number of aromatic nitrogens is 1. The molecule has 0 atom stereocenters. The Morgan fingerprint density at radius 2 is 2.18 bits per heavy atom. The van der Waals surface area contributed by atoms with Crippen LogP contribution in [0, 0.1) is 17.0 Å². The largest absolute Gasteiger partial charge is 0.339 e. The van der Waals surface area contributed by atoms with Gasteiger partial charge in [0, 0.05) is 11.8 Å². The molecule has 0 N–H and O–H groups in total. The van der Waals surface area contributed by atoms with Crippen LogP contribution in [0.4, 0.5) is 14.5 Å². The van der Waals surface area contributed by atoms with Gasteiger partial charge < -0.3 is 4.57 Å². The number of nitrogens with zero attached hydrogens (tertiary/aromatic N) is 2. The highest BCUT2D eigenvalue weighted by molar-refractivity contribution is 5.90. The molecule has 1 aromatic carbocycles. The van der Waals surface area contributed by atoms with Crippen molar-refractivity contribution in [3.63, 3.8) is 0 Å². The summed E-state index contributed by atoms with van der Waals surface area (Å²) in [5.74, 6) is 0. The lowest BCUT2D eigenvalue weighted by atomic mass is 10.2. The van der Waals surface area contributed by atoms with Crippen molar-refractivity contribution in [3.05, 3.63) is 40.1 Å². The van der Waals surface area contributed by atoms with Crippen molar-refractivity contribution in [2.75, 3.05) is 0 Å². The number of aryl methyl sites for hydroxylation is 1. The van der Waals surface area contributed by atoms with Gasteiger partial charge in [0.25, 0.3) is 12.1 Å². The maximum absolute atomic E-state index is 12.4. The second kappa shape index (κ2) is 4.12. The Labute approximate surface area is 95.6 Å². The number of hydrogen-bond acceptors (Lipinski definition) is 2. The van der Waals surface area contributed by atoms with E-state index >= 15 is 0 Å². The van der Waals surface area contributed by atoms with Gasteiger partial charge in [0.05, 0.1) is 22.4 Å². The minimum absolute atomic E-state index is 0.0568. The van der Waals surface area contributed by atoms with Crippen LogP contribution in [0.1, 0.15) is 5.69 Å². The van der Waals surface area contributed by atoms with Crippen molar-refractivity contribution in [1.82, 2.24) is 4.57 Å². The molecule has 0 unspecified atom stereocenters. The van der Waals surface area contributed by atoms with Crippen LogP contribution in [0.3, 0.4) is 0 Å². The maximum Gasteiger partial charge on any atom is 0.278 e. The maximum atomic E-state index is 12.4. The average Bonchev–Trinajstić information content (AvgIpc) is 2.54. The molecule has 0 saturated carbocycles. The van der Waals surface area contributed by atoms with Gasteiger partial charge in [0.1, 0.15) is 0 Å². The van der Waals surface area contributed by atoms with E-state index in [2.05, 4.69) is 0 Å². The number of alkyl halides is 2. The molecule has 0 amide bonds. The summed E-state index contributed by atoms with van der Waals surface area (Å²) >= 11 is 0. The van der Waals surface area contributed by atoms with Crippen molar-refractivity contribution < 1.29 is 13.7 Å². The van der Waals surface area contributed by atoms with Gasteiger partial charge >= 0.3 is 0 Å². The van der Waals surface area contributed by atoms with E-state index in [9.17, 15) is 18.9 Å². The summed E-state index contributed by atoms with van der Waals surface area (Å²) in [5, 5.41) is 11.2. The summed E-state index contributed by atoms with van der Waals surface area (Å²) in [5.41, 5.74) is 1.00. The quantitative estimate of drug-likeness (QED) is 0.611. The van der Waals surface area contributed by atoms with Crippen molar-refractivity contribution in [2.24, 2.45) is 0 Å². The second-order valence-corrected chi connectivity index (χ2v) is 3.75. The Morgan fingerprint density at radius 3 is 2.76 bits per heavy atom. The number of nitro groups is 1. The number of nitro benzene ring substituents is 1. The summed E-state index contributed by atoms with van der Waals surface area (Å²) in [6, 6.07) is 6.05. The lowest BCUT2D eigenvalue weighted by Gasteiger charge is -2.06. The van der Waals surface area contributed by atoms with E-state index in [1.54, 1.807) is 19.1 Å². The van der Waals surface area contributed by atoms with Crippen LogP contribution in [0.25, 0.3) is 10.9 Å². The van der Waals surface area contributed by atoms with Crippen molar-refractivity contribution in [3.8, 4) is 0 Å². The highest BCUT2D eigenvalue weighted by Gasteiger charge is 2.17. The molecule has 1 heterocycles. The van der Waals surface area contributed by atoms with Crippen LogP contribution < -0.4 is 0 Å². The van der Waals surface area contributed by atoms with Gasteiger partial charge in [-0.05, 0) is 19.1 Å². The van der Waals surface area contributed by atoms with Gasteiger partial charge in [0.2, 0.25) is 0 Å². The summed E-state index contributed by atoms with van der Waals surface area (Å²) in [7, 11) is 0. The Morgan fingerprint density at radius 1 is 1.47 bits per heavy atom. The van der Waals surface area contributed by atoms with Gasteiger partial charge in [-0.3, -0.25) is 10.1 Å². The molecule has 90 valence electrons. The number of benzene rings is 1. The zero-order chi connectivity index (χ0) is 12.6. The lowest BCUT2D eigenvalue weighted by molar-refractivity contribution is -0.383. The highest BCUT2D eigenvalue weighted by Crippen LogP contribution is 2.28. The van der Waals surface area contributed by atoms with E-state index in [0.717, 1.165) is 0 Å². The first kappa shape index (κ1) is 11.5. The molecule has 0 aliphatic rings. The molecule has 1 aromatic heterocycles. The number of fused-ring (bicyclic) bond motifs is 1. The van der Waals surface area contributed by atoms with Crippen LogP contribution in [-0.2, 0) is 6.54 Å². The number of halogens is 2. The van der Waals surface area contributed by atoms with E-state index in [4.69, 9.17) is 0 Å². The summed E-state index contributed by atoms with van der Waals surface area (Å²) in [6.45, 7) is 1.21. The lowest BCUT2D eigenvalue weighted by Crippen LogP contribution is -2.07. The van der Waals surface area contributed by atoms with E-state index < -0.39 is 17.9 Å². The van der Waals surface area contributed by atoms with Gasteiger partial charge in [-0.15, -0.1) is 0 Å². The minimum Gasteiger partial charge on any atom is -0.339 e. The zero-order valence-corrected chi connectivity index (χ0v) is 9.06. The van der Waals surface area contributed by atoms with Crippen LogP contribution in [0.15, 0.2) is 24.3 Å². The SMILES string of the molecule is Cc1cc2c([N+](=O)[O-])cccc2n1CC(F)F. The molecule has 2 rings (SSSR count). The molecule has 0 radical (unpaired) electrons. The van der Waals surface area contributed by atoms with Crippen LogP contribution in [0.2, 0.25) is 0 Å². The Hall–Kier alpha value is -1.98. The molecule has 0 aliphatic carbocycles. The fraction of sp³-hybridized carbons (Fsp3) is 0.273. The highest BCUT2D eigenvalue weighted by atomic mass is 19.3. The van der Waals surface area contributed by atoms with E-state index in [1.165, 1.54) is 16.7 Å².